The van der Waals surface area contributed by atoms with Gasteiger partial charge >= 0.3 is 31.0 Å². The second-order valence-electron chi connectivity index (χ2n) is 25.2. The molecule has 0 spiro atoms. The average molecular weight is 1670 g/mol. The van der Waals surface area contributed by atoms with E-state index in [1.807, 2.05) is 6.07 Å². The summed E-state index contributed by atoms with van der Waals surface area (Å²) in [5, 5.41) is 24.2. The second-order valence-corrected chi connectivity index (χ2v) is 31.9. The lowest BCUT2D eigenvalue weighted by molar-refractivity contribution is -0.0389. The Labute approximate surface area is 638 Å². The van der Waals surface area contributed by atoms with Gasteiger partial charge in [0.2, 0.25) is 6.54 Å². The molecule has 0 bridgehead atoms. The minimum Gasteiger partial charge on any atom is -0.382 e. The predicted molar refractivity (Wildman–Crippen MR) is 384 cm³/mol. The molecule has 0 radical (unpaired) electrons. The van der Waals surface area contributed by atoms with Crippen LogP contribution in [0, 0.1) is 17.9 Å². The molecule has 4 unspecified atom stereocenters. The summed E-state index contributed by atoms with van der Waals surface area (Å²) >= 11 is 0. The van der Waals surface area contributed by atoms with Crippen molar-refractivity contribution in [1.29, 1.82) is 5.26 Å². The maximum atomic E-state index is 17.1. The first kappa shape index (κ1) is 82.1. The fourth-order valence-corrected chi connectivity index (χ4v) is 18.4. The minimum absolute atomic E-state index is 0. The third kappa shape index (κ3) is 16.7. The summed E-state index contributed by atoms with van der Waals surface area (Å²) in [5.41, 5.74) is 13.0. The molecule has 114 heavy (non-hydrogen) atoms. The van der Waals surface area contributed by atoms with Gasteiger partial charge in [-0.1, -0.05) is 36.4 Å². The third-order valence-corrected chi connectivity index (χ3v) is 23.8. The van der Waals surface area contributed by atoms with Crippen molar-refractivity contribution in [2.24, 2.45) is 0 Å². The number of amides is 2. The molecule has 54 heteroatoms. The zero-order valence-electron chi connectivity index (χ0n) is 58.6. The van der Waals surface area contributed by atoms with Crippen LogP contribution in [0.2, 0.25) is 0 Å². The molecule has 8 aromatic heterocycles. The highest BCUT2D eigenvalue weighted by atomic mass is 31.2. The number of rotatable bonds is 14. The Bertz CT molecular complexity index is 5140. The molecule has 14 heterocycles. The predicted octanol–water partition coefficient (Wildman–Crippen LogP) is 4.48. The van der Waals surface area contributed by atoms with Gasteiger partial charge in [-0.25, -0.2) is 123 Å². The Morgan fingerprint density at radius 3 is 1.19 bits per heavy atom. The number of fused-ring (bicyclic) bond motifs is 8. The van der Waals surface area contributed by atoms with Crippen molar-refractivity contribution < 1.29 is 101 Å². The lowest BCUT2D eigenvalue weighted by Crippen LogP contribution is -2.47. The van der Waals surface area contributed by atoms with Crippen molar-refractivity contribution in [1.82, 2.24) is 111 Å². The van der Waals surface area contributed by atoms with Gasteiger partial charge in [0.25, 0.3) is 11.8 Å². The van der Waals surface area contributed by atoms with Crippen LogP contribution in [0.5, 0.6) is 0 Å². The fourth-order valence-electron chi connectivity index (χ4n) is 13.0. The van der Waals surface area contributed by atoms with E-state index < -0.39 is 181 Å². The molecular weight excluding hydrogens is 1600 g/mol. The van der Waals surface area contributed by atoms with Crippen LogP contribution in [0.15, 0.2) is 111 Å². The van der Waals surface area contributed by atoms with Crippen LogP contribution in [-0.4, -0.2) is 219 Å². The molecule has 6 aliphatic heterocycles. The molecule has 2 amide bonds. The molecule has 16 rings (SSSR count). The Kier molecular flexibility index (Phi) is 24.4. The van der Waals surface area contributed by atoms with Crippen molar-refractivity contribution >= 4 is 111 Å². The van der Waals surface area contributed by atoms with Crippen LogP contribution in [0.3, 0.4) is 0 Å². The van der Waals surface area contributed by atoms with E-state index in [1.54, 1.807) is 60.7 Å². The quantitative estimate of drug-likeness (QED) is 0.0309. The van der Waals surface area contributed by atoms with Gasteiger partial charge in [-0.2, -0.15) is 5.26 Å². The van der Waals surface area contributed by atoms with Crippen molar-refractivity contribution in [3.05, 3.63) is 134 Å². The molecule has 46 nitrogen and oxygen atoms in total. The first-order valence-corrected chi connectivity index (χ1v) is 39.8. The van der Waals surface area contributed by atoms with Gasteiger partial charge in [0, 0.05) is 11.1 Å². The summed E-state index contributed by atoms with van der Waals surface area (Å²) in [7, 11) is -19.1. The number of hydrogen-bond donors (Lipinski definition) is 12. The molecule has 2 aromatic carbocycles. The van der Waals surface area contributed by atoms with Gasteiger partial charge in [0.15, 0.2) is 106 Å². The van der Waals surface area contributed by atoms with E-state index in [2.05, 4.69) is 95.6 Å². The van der Waals surface area contributed by atoms with Gasteiger partial charge in [-0.15, -0.1) is 0 Å². The van der Waals surface area contributed by atoms with E-state index in [1.165, 1.54) is 43.6 Å². The SMILES string of the molecule is N.N.Nc1ncnc2c1ncn2[C@@H]1O[C@@H]2COP(=O)(O)N[C@H]3[C@@H](F)[C@H](n4cnc5c(N)ncnc54)O[C@@H]3COP(=O)(O)N[C@H]2[C@H]1F.[C-]#[N+]CCOP1(=O)N[C@H]2[C@@H](F)[C@H](n3cnc4c(NC(=O)c5ccccc5)ncnc43)O[C@@H]2COP(=O)(OCCC#N)N[C@H]2[C@@H](F)[C@H](n3cnc4c(NC(=O)c5ccccc5)ncnc43)O[C@@H]2CO1. The van der Waals surface area contributed by atoms with Gasteiger partial charge < -0.3 is 68.0 Å². The van der Waals surface area contributed by atoms with Gasteiger partial charge in [-0.05, 0) is 24.3 Å². The van der Waals surface area contributed by atoms with E-state index >= 15 is 17.6 Å². The lowest BCUT2D eigenvalue weighted by Gasteiger charge is -2.31. The van der Waals surface area contributed by atoms with Crippen molar-refractivity contribution in [2.45, 2.75) is 105 Å². The molecule has 0 saturated carbocycles. The average Bonchev–Trinajstić information content (AvgIpc) is 1.70. The number of aromatic nitrogens is 16. The van der Waals surface area contributed by atoms with E-state index in [0.717, 1.165) is 25.3 Å². The van der Waals surface area contributed by atoms with Crippen LogP contribution < -0.4 is 54.8 Å². The van der Waals surface area contributed by atoms with E-state index in [9.17, 15) is 42.9 Å². The maximum Gasteiger partial charge on any atom is 0.406 e. The largest absolute Gasteiger partial charge is 0.406 e. The summed E-state index contributed by atoms with van der Waals surface area (Å²) in [6.07, 6.45) is -11.4. The first-order valence-electron chi connectivity index (χ1n) is 33.6. The summed E-state index contributed by atoms with van der Waals surface area (Å²) < 4.78 is 183. The zero-order valence-corrected chi connectivity index (χ0v) is 62.2. The second kappa shape index (κ2) is 33.9. The summed E-state index contributed by atoms with van der Waals surface area (Å²) in [4.78, 5) is 99.8. The van der Waals surface area contributed by atoms with Crippen LogP contribution in [0.4, 0.5) is 40.8 Å². The Morgan fingerprint density at radius 2 is 0.833 bits per heavy atom. The van der Waals surface area contributed by atoms with Crippen molar-refractivity contribution in [2.75, 3.05) is 68.3 Å². The molecule has 10 aromatic rings. The van der Waals surface area contributed by atoms with Gasteiger partial charge in [0.1, 0.15) is 67.4 Å². The Hall–Kier alpha value is -9.92. The topological polar surface area (TPSA) is 632 Å². The standard InChI is InChI=1S/C40H38F2N14O10P2.C20H24F2N12O8P2.2H3N/c1-44-14-16-62-68(60)54-30-25(65-40(28(30)42)56-22-50-32-34(46-20-48-36(32)56)52-38(58)24-11-6-3-7-12-24)17-63-67(59,61-15-8-13-43)53-29-26(18-64-68)66-39(27(29)41)55-21-49-31-33(45-19-47-35(31)55)51-37(57)23-9-4-2-5-10-23;21-9-11-7(41-19(9)33-5-29-13-15(23)25-3-27-17(13)33)1-39-43(35,36)32-12-8(2-40-44(37,38)31-11)42-20(10(12)22)34-6-30-14-16(24)26-4-28-18(14)34;;/h2-7,9-12,19-22,25-30,39-40H,8,14-18H2,(H,53,59)(H,54,60)(H,45,47,51,57)(H,46,48,52,58);3-12,19-20H,1-2H2,(H2,23,25,27)(H2,24,26,28)(H2,31,37,38)(H2,32,35,36);2*1H3/t25-,26-,27-,28-,29-,30-,39-,40-,67?,68?;7-,8-,9-,10-,11-,12-,19-,20-;;/m11../s1. The van der Waals surface area contributed by atoms with Crippen LogP contribution in [-0.2, 0) is 64.4 Å². The molecule has 6 fully saturated rings. The highest BCUT2D eigenvalue weighted by Gasteiger charge is 2.57. The number of imidazole rings is 4. The number of nitrogens with zero attached hydrogens (tertiary/aromatic N) is 18. The number of carbonyl (C=O) groups excluding carboxylic acids is 2. The number of alkyl halides is 4. The lowest BCUT2D eigenvalue weighted by atomic mass is 10.1. The molecule has 18 N–H and O–H groups in total. The molecule has 20 atom stereocenters. The van der Waals surface area contributed by atoms with Crippen molar-refractivity contribution in [3.8, 4) is 6.07 Å². The maximum absolute atomic E-state index is 17.1. The Balaban J connectivity index is 0.000000213. The number of nitriles is 1. The molecular formula is C60H68F4N28O18P4. The number of nitrogen functional groups attached to an aromatic ring is 2. The number of halogens is 4. The summed E-state index contributed by atoms with van der Waals surface area (Å²) in [5.74, 6) is -0.950. The smallest absolute Gasteiger partial charge is 0.382 e. The molecule has 0 aliphatic carbocycles. The van der Waals surface area contributed by atoms with E-state index in [-0.39, 0.29) is 93.2 Å². The number of nitrogens with one attached hydrogen (secondary N) is 6. The van der Waals surface area contributed by atoms with Gasteiger partial charge in [-0.3, -0.25) is 55.0 Å². The number of benzene rings is 2. The van der Waals surface area contributed by atoms with E-state index in [0.29, 0.717) is 11.1 Å². The monoisotopic (exact) mass is 1670 g/mol. The normalized spacial score (nSPS) is 31.7. The first-order chi connectivity index (χ1) is 53.9. The number of anilines is 4. The minimum atomic E-state index is -4.85. The molecule has 6 aliphatic rings. The van der Waals surface area contributed by atoms with Crippen LogP contribution in [0.1, 0.15) is 52.0 Å². The van der Waals surface area contributed by atoms with Crippen LogP contribution in [0.25, 0.3) is 49.5 Å². The van der Waals surface area contributed by atoms with E-state index in [4.69, 9.17) is 64.1 Å². The molecule has 604 valence electrons. The number of carbonyl (C=O) groups is 2. The fraction of sp³-hybridized carbons (Fsp3) is 0.400. The zero-order chi connectivity index (χ0) is 78.4. The summed E-state index contributed by atoms with van der Waals surface area (Å²) in [6, 6.07) is 12.0. The van der Waals surface area contributed by atoms with Crippen molar-refractivity contribution in [3.63, 3.8) is 0 Å². The third-order valence-electron chi connectivity index (χ3n) is 18.3. The highest BCUT2D eigenvalue weighted by molar-refractivity contribution is 7.52. The van der Waals surface area contributed by atoms with Crippen LogP contribution >= 0.6 is 31.0 Å². The van der Waals surface area contributed by atoms with Gasteiger partial charge in [0.05, 0.1) is 95.0 Å². The number of hydrogen-bond acceptors (Lipinski definition) is 33. The Morgan fingerprint density at radius 1 is 0.509 bits per heavy atom. The highest BCUT2D eigenvalue weighted by Crippen LogP contribution is 2.54. The molecule has 6 saturated heterocycles. The number of nitrogens with two attached hydrogens (primary N) is 2. The summed E-state index contributed by atoms with van der Waals surface area (Å²) in [6.45, 7) is 2.97. The number of ether oxygens (including phenoxy) is 4.